The van der Waals surface area contributed by atoms with Gasteiger partial charge < -0.3 is 14.6 Å². The molecule has 3 heteroatoms. The summed E-state index contributed by atoms with van der Waals surface area (Å²) < 4.78 is 11.4. The second kappa shape index (κ2) is 10.6. The quantitative estimate of drug-likeness (QED) is 0.614. The highest BCUT2D eigenvalue weighted by molar-refractivity contribution is 5.46. The van der Waals surface area contributed by atoms with E-state index in [9.17, 15) is 5.11 Å². The van der Waals surface area contributed by atoms with Crippen molar-refractivity contribution in [1.82, 2.24) is 0 Å². The second-order valence-corrected chi connectivity index (χ2v) is 4.95. The van der Waals surface area contributed by atoms with Crippen molar-refractivity contribution in [2.45, 2.75) is 59.0 Å². The van der Waals surface area contributed by atoms with Crippen molar-refractivity contribution in [2.24, 2.45) is 0 Å². The second-order valence-electron chi connectivity index (χ2n) is 4.95. The van der Waals surface area contributed by atoms with E-state index >= 15 is 0 Å². The van der Waals surface area contributed by atoms with Crippen LogP contribution < -0.4 is 9.47 Å². The van der Waals surface area contributed by atoms with Gasteiger partial charge in [-0.3, -0.25) is 0 Å². The van der Waals surface area contributed by atoms with Crippen LogP contribution in [0, 0.1) is 0 Å². The SMILES string of the molecule is CCCCCCCCOc1c(CO)cccc1OCC. The molecular weight excluding hydrogens is 252 g/mol. The standard InChI is InChI=1S/C17H28O3/c1-3-5-6-7-8-9-13-20-17-15(14-18)11-10-12-16(17)19-4-2/h10-12,18H,3-9,13-14H2,1-2H3. The number of hydrogen-bond donors (Lipinski definition) is 1. The number of rotatable bonds is 11. The van der Waals surface area contributed by atoms with Crippen LogP contribution >= 0.6 is 0 Å². The smallest absolute Gasteiger partial charge is 0.166 e. The van der Waals surface area contributed by atoms with Crippen LogP contribution in [0.25, 0.3) is 0 Å². The van der Waals surface area contributed by atoms with Crippen molar-refractivity contribution in [3.63, 3.8) is 0 Å². The van der Waals surface area contributed by atoms with E-state index in [4.69, 9.17) is 9.47 Å². The molecule has 0 aromatic heterocycles. The van der Waals surface area contributed by atoms with E-state index < -0.39 is 0 Å². The molecule has 20 heavy (non-hydrogen) atoms. The average Bonchev–Trinajstić information content (AvgIpc) is 2.47. The zero-order valence-electron chi connectivity index (χ0n) is 12.9. The third-order valence-electron chi connectivity index (χ3n) is 3.27. The van der Waals surface area contributed by atoms with Gasteiger partial charge >= 0.3 is 0 Å². The summed E-state index contributed by atoms with van der Waals surface area (Å²) >= 11 is 0. The Bertz CT molecular complexity index is 363. The molecule has 0 radical (unpaired) electrons. The third-order valence-corrected chi connectivity index (χ3v) is 3.27. The van der Waals surface area contributed by atoms with Crippen LogP contribution in [0.2, 0.25) is 0 Å². The van der Waals surface area contributed by atoms with Crippen molar-refractivity contribution in [3.05, 3.63) is 23.8 Å². The summed E-state index contributed by atoms with van der Waals surface area (Å²) in [7, 11) is 0. The molecule has 1 aromatic carbocycles. The maximum Gasteiger partial charge on any atom is 0.166 e. The third kappa shape index (κ3) is 5.83. The molecule has 0 aliphatic heterocycles. The molecule has 0 aliphatic rings. The Morgan fingerprint density at radius 2 is 1.70 bits per heavy atom. The zero-order valence-corrected chi connectivity index (χ0v) is 12.9. The maximum atomic E-state index is 9.38. The fraction of sp³-hybridized carbons (Fsp3) is 0.647. The minimum atomic E-state index is -0.0211. The molecule has 0 spiro atoms. The molecule has 3 nitrogen and oxygen atoms in total. The van der Waals surface area contributed by atoms with Gasteiger partial charge in [0.25, 0.3) is 0 Å². The molecule has 1 rings (SSSR count). The highest BCUT2D eigenvalue weighted by Gasteiger charge is 2.10. The Morgan fingerprint density at radius 3 is 2.40 bits per heavy atom. The Balaban J connectivity index is 2.41. The van der Waals surface area contributed by atoms with Crippen molar-refractivity contribution in [2.75, 3.05) is 13.2 Å². The van der Waals surface area contributed by atoms with Crippen LogP contribution in [0.3, 0.4) is 0 Å². The fourth-order valence-corrected chi connectivity index (χ4v) is 2.18. The number of hydrogen-bond acceptors (Lipinski definition) is 3. The molecular formula is C17H28O3. The summed E-state index contributed by atoms with van der Waals surface area (Å²) in [6.07, 6.45) is 7.44. The Labute approximate surface area is 122 Å². The summed E-state index contributed by atoms with van der Waals surface area (Å²) in [6.45, 7) is 5.44. The van der Waals surface area contributed by atoms with Crippen molar-refractivity contribution < 1.29 is 14.6 Å². The van der Waals surface area contributed by atoms with Gasteiger partial charge in [-0.2, -0.15) is 0 Å². The molecule has 0 unspecified atom stereocenters. The normalized spacial score (nSPS) is 10.6. The van der Waals surface area contributed by atoms with Crippen LogP contribution in [-0.2, 0) is 6.61 Å². The lowest BCUT2D eigenvalue weighted by atomic mass is 10.1. The Kier molecular flexibility index (Phi) is 8.88. The lowest BCUT2D eigenvalue weighted by Crippen LogP contribution is -2.04. The van der Waals surface area contributed by atoms with Gasteiger partial charge in [-0.1, -0.05) is 51.2 Å². The van der Waals surface area contributed by atoms with Crippen LogP contribution in [0.1, 0.15) is 57.9 Å². The van der Waals surface area contributed by atoms with Crippen LogP contribution in [0.5, 0.6) is 11.5 Å². The molecule has 0 aliphatic carbocycles. The molecule has 1 N–H and O–H groups in total. The number of aliphatic hydroxyl groups is 1. The van der Waals surface area contributed by atoms with Crippen molar-refractivity contribution in [1.29, 1.82) is 0 Å². The fourth-order valence-electron chi connectivity index (χ4n) is 2.18. The monoisotopic (exact) mass is 280 g/mol. The summed E-state index contributed by atoms with van der Waals surface area (Å²) in [5, 5.41) is 9.38. The number of ether oxygens (including phenoxy) is 2. The summed E-state index contributed by atoms with van der Waals surface area (Å²) in [6, 6.07) is 5.65. The summed E-state index contributed by atoms with van der Waals surface area (Å²) in [4.78, 5) is 0. The van der Waals surface area contributed by atoms with Gasteiger partial charge in [0.2, 0.25) is 0 Å². The highest BCUT2D eigenvalue weighted by atomic mass is 16.5. The largest absolute Gasteiger partial charge is 0.490 e. The lowest BCUT2D eigenvalue weighted by molar-refractivity contribution is 0.245. The number of benzene rings is 1. The van der Waals surface area contributed by atoms with E-state index in [1.165, 1.54) is 32.1 Å². The molecule has 0 saturated heterocycles. The Morgan fingerprint density at radius 1 is 0.950 bits per heavy atom. The van der Waals surface area contributed by atoms with E-state index in [0.29, 0.717) is 19.0 Å². The maximum absolute atomic E-state index is 9.38. The van der Waals surface area contributed by atoms with Crippen LogP contribution in [-0.4, -0.2) is 18.3 Å². The van der Waals surface area contributed by atoms with Gasteiger partial charge in [0, 0.05) is 5.56 Å². The van der Waals surface area contributed by atoms with Crippen molar-refractivity contribution >= 4 is 0 Å². The first kappa shape index (κ1) is 16.8. The van der Waals surface area contributed by atoms with E-state index in [2.05, 4.69) is 6.92 Å². The average molecular weight is 280 g/mol. The van der Waals surface area contributed by atoms with Gasteiger partial charge in [-0.25, -0.2) is 0 Å². The molecule has 0 heterocycles. The van der Waals surface area contributed by atoms with E-state index in [-0.39, 0.29) is 6.61 Å². The molecule has 0 fully saturated rings. The van der Waals surface area contributed by atoms with Gasteiger partial charge in [0.1, 0.15) is 0 Å². The van der Waals surface area contributed by atoms with Gasteiger partial charge in [0.05, 0.1) is 19.8 Å². The van der Waals surface area contributed by atoms with Gasteiger partial charge in [-0.15, -0.1) is 0 Å². The first-order chi connectivity index (χ1) is 9.83. The number of para-hydroxylation sites is 1. The molecule has 1 aromatic rings. The minimum Gasteiger partial charge on any atom is -0.490 e. The van der Waals surface area contributed by atoms with E-state index in [1.807, 2.05) is 25.1 Å². The molecule has 0 atom stereocenters. The minimum absolute atomic E-state index is 0.0211. The first-order valence-corrected chi connectivity index (χ1v) is 7.81. The molecule has 114 valence electrons. The summed E-state index contributed by atoms with van der Waals surface area (Å²) in [5.41, 5.74) is 0.793. The van der Waals surface area contributed by atoms with Crippen LogP contribution in [0.15, 0.2) is 18.2 Å². The Hall–Kier alpha value is -1.22. The first-order valence-electron chi connectivity index (χ1n) is 7.81. The predicted octanol–water partition coefficient (Wildman–Crippen LogP) is 4.32. The molecule has 0 saturated carbocycles. The molecule has 0 bridgehead atoms. The molecule has 0 amide bonds. The van der Waals surface area contributed by atoms with Gasteiger partial charge in [0.15, 0.2) is 11.5 Å². The van der Waals surface area contributed by atoms with E-state index in [1.54, 1.807) is 0 Å². The highest BCUT2D eigenvalue weighted by Crippen LogP contribution is 2.31. The van der Waals surface area contributed by atoms with Gasteiger partial charge in [-0.05, 0) is 19.4 Å². The van der Waals surface area contributed by atoms with Crippen molar-refractivity contribution in [3.8, 4) is 11.5 Å². The predicted molar refractivity (Wildman–Crippen MR) is 82.4 cm³/mol. The topological polar surface area (TPSA) is 38.7 Å². The summed E-state index contributed by atoms with van der Waals surface area (Å²) in [5.74, 6) is 1.43. The number of aliphatic hydroxyl groups excluding tert-OH is 1. The zero-order chi connectivity index (χ0) is 14.6. The van der Waals surface area contributed by atoms with Crippen LogP contribution in [0.4, 0.5) is 0 Å². The number of unbranched alkanes of at least 4 members (excludes halogenated alkanes) is 5. The lowest BCUT2D eigenvalue weighted by Gasteiger charge is -2.14. The van der Waals surface area contributed by atoms with E-state index in [0.717, 1.165) is 17.7 Å².